The quantitative estimate of drug-likeness (QED) is 0.140. The summed E-state index contributed by atoms with van der Waals surface area (Å²) in [5.41, 5.74) is 6.83. The van der Waals surface area contributed by atoms with Crippen molar-refractivity contribution in [2.45, 2.75) is 13.8 Å². The van der Waals surface area contributed by atoms with E-state index in [9.17, 15) is 9.59 Å². The molecule has 6 heteroatoms. The summed E-state index contributed by atoms with van der Waals surface area (Å²) in [6, 6.07) is 43.3. The van der Waals surface area contributed by atoms with E-state index in [1.165, 1.54) is 0 Å². The van der Waals surface area contributed by atoms with Gasteiger partial charge in [-0.25, -0.2) is 9.59 Å². The van der Waals surface area contributed by atoms with Crippen molar-refractivity contribution in [3.63, 3.8) is 0 Å². The molecule has 6 nitrogen and oxygen atoms in total. The molecule has 222 valence electrons. The first-order chi connectivity index (χ1) is 22.4. The van der Waals surface area contributed by atoms with Gasteiger partial charge in [-0.2, -0.15) is 0 Å². The number of para-hydroxylation sites is 2. The van der Waals surface area contributed by atoms with Gasteiger partial charge in [-0.15, -0.1) is 0 Å². The first kappa shape index (κ1) is 27.4. The van der Waals surface area contributed by atoms with Crippen molar-refractivity contribution in [2.24, 2.45) is 0 Å². The Labute approximate surface area is 264 Å². The number of hydrogen-bond donors (Lipinski definition) is 0. The van der Waals surface area contributed by atoms with Crippen LogP contribution in [0.4, 0.5) is 34.1 Å². The fourth-order valence-corrected chi connectivity index (χ4v) is 6.20. The van der Waals surface area contributed by atoms with Gasteiger partial charge in [-0.1, -0.05) is 71.8 Å². The maximum atomic E-state index is 13.8. The maximum Gasteiger partial charge on any atom is 0.344 e. The molecule has 0 fully saturated rings. The Hall–Kier alpha value is -6.14. The highest BCUT2D eigenvalue weighted by atomic mass is 16.4. The molecule has 0 bridgehead atoms. The molecule has 0 N–H and O–H groups in total. The van der Waals surface area contributed by atoms with E-state index in [4.69, 9.17) is 8.83 Å². The van der Waals surface area contributed by atoms with E-state index >= 15 is 0 Å². The van der Waals surface area contributed by atoms with Crippen LogP contribution in [0.5, 0.6) is 0 Å². The minimum atomic E-state index is -0.509. The van der Waals surface area contributed by atoms with Crippen LogP contribution >= 0.6 is 0 Å². The van der Waals surface area contributed by atoms with Crippen molar-refractivity contribution in [1.82, 2.24) is 0 Å². The van der Waals surface area contributed by atoms with E-state index in [1.807, 2.05) is 157 Å². The molecule has 0 amide bonds. The van der Waals surface area contributed by atoms with Gasteiger partial charge in [0.15, 0.2) is 0 Å². The van der Waals surface area contributed by atoms with E-state index in [2.05, 4.69) is 0 Å². The number of nitrogens with zero attached hydrogens (tertiary/aromatic N) is 2. The number of aryl methyl sites for hydroxylation is 2. The summed E-state index contributed by atoms with van der Waals surface area (Å²) in [7, 11) is 0. The molecule has 2 heterocycles. The van der Waals surface area contributed by atoms with E-state index < -0.39 is 11.3 Å². The van der Waals surface area contributed by atoms with Gasteiger partial charge >= 0.3 is 11.3 Å². The third-order valence-electron chi connectivity index (χ3n) is 8.40. The summed E-state index contributed by atoms with van der Waals surface area (Å²) in [5, 5.41) is 1.81. The lowest BCUT2D eigenvalue weighted by Crippen LogP contribution is -2.13. The molecule has 8 aromatic rings. The number of benzene rings is 6. The molecule has 0 aliphatic carbocycles. The summed E-state index contributed by atoms with van der Waals surface area (Å²) in [6.07, 6.45) is 0. The molecule has 0 aliphatic heterocycles. The molecule has 0 aliphatic rings. The highest BCUT2D eigenvalue weighted by Gasteiger charge is 2.23. The molecule has 46 heavy (non-hydrogen) atoms. The molecule has 8 rings (SSSR count). The molecule has 6 aromatic carbocycles. The van der Waals surface area contributed by atoms with Gasteiger partial charge in [0, 0.05) is 45.7 Å². The van der Waals surface area contributed by atoms with Crippen molar-refractivity contribution in [3.05, 3.63) is 165 Å². The van der Waals surface area contributed by atoms with Gasteiger partial charge in [-0.05, 0) is 74.5 Å². The first-order valence-corrected chi connectivity index (χ1v) is 15.1. The highest BCUT2D eigenvalue weighted by Crippen LogP contribution is 2.42. The first-order valence-electron chi connectivity index (χ1n) is 15.1. The van der Waals surface area contributed by atoms with Crippen molar-refractivity contribution >= 4 is 66.8 Å². The van der Waals surface area contributed by atoms with Crippen LogP contribution in [0, 0.1) is 13.8 Å². The third-order valence-corrected chi connectivity index (χ3v) is 8.40. The predicted molar refractivity (Wildman–Crippen MR) is 186 cm³/mol. The van der Waals surface area contributed by atoms with E-state index in [1.54, 1.807) is 0 Å². The van der Waals surface area contributed by atoms with Crippen LogP contribution in [-0.4, -0.2) is 0 Å². The summed E-state index contributed by atoms with van der Waals surface area (Å²) in [6.45, 7) is 4.07. The maximum absolute atomic E-state index is 13.8. The molecule has 0 unspecified atom stereocenters. The third kappa shape index (κ3) is 4.59. The second-order valence-corrected chi connectivity index (χ2v) is 11.5. The fraction of sp³-hybridized carbons (Fsp3) is 0.0500. The number of rotatable bonds is 6. The highest BCUT2D eigenvalue weighted by molar-refractivity contribution is 6.21. The van der Waals surface area contributed by atoms with E-state index in [-0.39, 0.29) is 0 Å². The summed E-state index contributed by atoms with van der Waals surface area (Å²) in [4.78, 5) is 31.6. The molecular weight excluding hydrogens is 572 g/mol. The van der Waals surface area contributed by atoms with Crippen molar-refractivity contribution in [1.29, 1.82) is 0 Å². The molecule has 2 aromatic heterocycles. The topological polar surface area (TPSA) is 66.9 Å². The average Bonchev–Trinajstić information content (AvgIpc) is 3.07. The van der Waals surface area contributed by atoms with Crippen LogP contribution in [0.2, 0.25) is 0 Å². The zero-order chi connectivity index (χ0) is 31.4. The summed E-state index contributed by atoms with van der Waals surface area (Å²) >= 11 is 0. The van der Waals surface area contributed by atoms with Crippen LogP contribution in [-0.2, 0) is 0 Å². The Kier molecular flexibility index (Phi) is 6.43. The Bertz CT molecular complexity index is 2290. The average molecular weight is 601 g/mol. The number of anilines is 6. The monoisotopic (exact) mass is 600 g/mol. The SMILES string of the molecule is Cc1ccc(N(c2ccccc2)c2cc3oc(=O)c4cc(N(c5ccccc5)c5ccc(C)cc5)cc5oc(=O)c(c2)c3c54)cc1. The molecule has 0 spiro atoms. The molecule has 0 atom stereocenters. The summed E-state index contributed by atoms with van der Waals surface area (Å²) in [5.74, 6) is 0. The molecule has 0 saturated heterocycles. The summed E-state index contributed by atoms with van der Waals surface area (Å²) < 4.78 is 12.1. The minimum Gasteiger partial charge on any atom is -0.422 e. The Morgan fingerprint density at radius 2 is 0.761 bits per heavy atom. The van der Waals surface area contributed by atoms with Crippen LogP contribution in [0.25, 0.3) is 32.7 Å². The lowest BCUT2D eigenvalue weighted by Gasteiger charge is -2.27. The van der Waals surface area contributed by atoms with Crippen molar-refractivity contribution in [3.8, 4) is 0 Å². The minimum absolute atomic E-state index is 0.321. The Morgan fingerprint density at radius 3 is 1.13 bits per heavy atom. The Balaban J connectivity index is 1.37. The van der Waals surface area contributed by atoms with Crippen LogP contribution in [0.15, 0.2) is 152 Å². The predicted octanol–water partition coefficient (Wildman–Crippen LogP) is 10.0. The zero-order valence-corrected chi connectivity index (χ0v) is 25.2. The normalized spacial score (nSPS) is 11.4. The second kappa shape index (κ2) is 10.8. The van der Waals surface area contributed by atoms with Crippen LogP contribution in [0.1, 0.15) is 11.1 Å². The zero-order valence-electron chi connectivity index (χ0n) is 25.2. The van der Waals surface area contributed by atoms with Gasteiger partial charge in [0.1, 0.15) is 11.2 Å². The molecular formula is C40H28N2O4. The fourth-order valence-electron chi connectivity index (χ4n) is 6.20. The van der Waals surface area contributed by atoms with Gasteiger partial charge in [0.2, 0.25) is 0 Å². The second-order valence-electron chi connectivity index (χ2n) is 11.5. The van der Waals surface area contributed by atoms with Gasteiger partial charge < -0.3 is 18.6 Å². The van der Waals surface area contributed by atoms with E-state index in [0.717, 1.165) is 33.9 Å². The van der Waals surface area contributed by atoms with Gasteiger partial charge in [0.25, 0.3) is 0 Å². The lowest BCUT2D eigenvalue weighted by atomic mass is 10.0. The molecule has 0 saturated carbocycles. The molecule has 0 radical (unpaired) electrons. The standard InChI is InChI=1S/C40H28N2O4/c1-25-13-17-29(18-14-25)41(27-9-5-3-6-10-27)31-21-33-37-35(23-31)45-40(44)34-22-32(24-36(38(34)37)46-39(33)43)42(28-11-7-4-8-12-28)30-19-15-26(2)16-20-30/h3-24H,1-2H3. The number of hydrogen-bond acceptors (Lipinski definition) is 6. The lowest BCUT2D eigenvalue weighted by molar-refractivity contribution is 0.559. The van der Waals surface area contributed by atoms with Gasteiger partial charge in [0.05, 0.1) is 22.1 Å². The smallest absolute Gasteiger partial charge is 0.344 e. The van der Waals surface area contributed by atoms with E-state index in [0.29, 0.717) is 44.1 Å². The Morgan fingerprint density at radius 1 is 0.413 bits per heavy atom. The van der Waals surface area contributed by atoms with Crippen LogP contribution in [0.3, 0.4) is 0 Å². The van der Waals surface area contributed by atoms with Gasteiger partial charge in [-0.3, -0.25) is 0 Å². The van der Waals surface area contributed by atoms with Crippen LogP contribution < -0.4 is 21.1 Å². The largest absolute Gasteiger partial charge is 0.422 e. The van der Waals surface area contributed by atoms with Crippen molar-refractivity contribution in [2.75, 3.05) is 9.80 Å². The van der Waals surface area contributed by atoms with Crippen molar-refractivity contribution < 1.29 is 8.83 Å².